The minimum atomic E-state index is -0.239. The third-order valence-corrected chi connectivity index (χ3v) is 7.61. The van der Waals surface area contributed by atoms with E-state index >= 15 is 0 Å². The largest absolute Gasteiger partial charge is 0.363 e. The van der Waals surface area contributed by atoms with Crippen LogP contribution in [0.1, 0.15) is 47.4 Å². The Morgan fingerprint density at radius 1 is 1.00 bits per heavy atom. The van der Waals surface area contributed by atoms with Crippen LogP contribution in [-0.4, -0.2) is 11.5 Å². The Kier molecular flexibility index (Phi) is 3.70. The molecule has 0 bridgehead atoms. The highest BCUT2D eigenvalue weighted by atomic mass is 35.5. The number of hydrogen-bond donors (Lipinski definition) is 0. The van der Waals surface area contributed by atoms with Crippen molar-refractivity contribution < 1.29 is 4.92 Å². The number of nitrogens with zero attached hydrogens (tertiary/aromatic N) is 2. The molecule has 2 aliphatic heterocycles. The molecule has 0 saturated heterocycles. The van der Waals surface area contributed by atoms with E-state index in [0.717, 1.165) is 35.5 Å². The molecular weight excluding hydrogens is 384 g/mol. The molecule has 29 heavy (non-hydrogen) atoms. The van der Waals surface area contributed by atoms with E-state index in [9.17, 15) is 10.1 Å². The fourth-order valence-electron chi connectivity index (χ4n) is 6.13. The maximum atomic E-state index is 11.7. The van der Waals surface area contributed by atoms with E-state index in [1.54, 1.807) is 0 Å². The molecule has 0 fully saturated rings. The zero-order valence-electron chi connectivity index (χ0n) is 15.9. The predicted molar refractivity (Wildman–Crippen MR) is 115 cm³/mol. The quantitative estimate of drug-likeness (QED) is 0.343. The number of benzene rings is 2. The van der Waals surface area contributed by atoms with E-state index in [4.69, 9.17) is 11.6 Å². The van der Waals surface area contributed by atoms with Crippen LogP contribution >= 0.6 is 11.6 Å². The monoisotopic (exact) mass is 404 g/mol. The fourth-order valence-corrected chi connectivity index (χ4v) is 6.38. The smallest absolute Gasteiger partial charge is 0.270 e. The lowest BCUT2D eigenvalue weighted by Gasteiger charge is -2.51. The molecule has 0 unspecified atom stereocenters. The van der Waals surface area contributed by atoms with Gasteiger partial charge in [-0.15, -0.1) is 0 Å². The molecule has 5 heteroatoms. The molecule has 4 aliphatic rings. The highest BCUT2D eigenvalue weighted by Gasteiger charge is 2.48. The van der Waals surface area contributed by atoms with Gasteiger partial charge in [0.15, 0.2) is 0 Å². The number of fused-ring (bicyclic) bond motifs is 4. The van der Waals surface area contributed by atoms with Crippen molar-refractivity contribution in [2.75, 3.05) is 11.4 Å². The molecule has 2 aliphatic carbocycles. The first-order valence-electron chi connectivity index (χ1n) is 10.3. The van der Waals surface area contributed by atoms with Crippen molar-refractivity contribution in [1.82, 2.24) is 0 Å². The first-order valence-corrected chi connectivity index (χ1v) is 10.7. The van der Waals surface area contributed by atoms with Crippen LogP contribution in [0, 0.1) is 22.0 Å². The number of anilines is 1. The lowest BCUT2D eigenvalue weighted by atomic mass is 9.70. The lowest BCUT2D eigenvalue weighted by Crippen LogP contribution is -2.46. The molecule has 2 aromatic carbocycles. The van der Waals surface area contributed by atoms with E-state index in [2.05, 4.69) is 41.3 Å². The molecule has 0 saturated carbocycles. The SMILES string of the molecule is O=[N+]([O-])c1cc2c3c(c1)[C@H]1C=CC[C@@H]1[C@@H](c1ccccc1Cl)N3C[C@H]1CC=C[C@H]21. The summed E-state index contributed by atoms with van der Waals surface area (Å²) in [6.07, 6.45) is 11.0. The minimum absolute atomic E-state index is 0.193. The Labute approximate surface area is 174 Å². The van der Waals surface area contributed by atoms with Gasteiger partial charge >= 0.3 is 0 Å². The van der Waals surface area contributed by atoms with E-state index in [1.807, 2.05) is 24.3 Å². The number of non-ortho nitro benzene ring substituents is 1. The molecule has 0 radical (unpaired) electrons. The van der Waals surface area contributed by atoms with Crippen molar-refractivity contribution in [1.29, 1.82) is 0 Å². The third-order valence-electron chi connectivity index (χ3n) is 7.27. The van der Waals surface area contributed by atoms with Gasteiger partial charge < -0.3 is 4.90 Å². The molecule has 4 nitrogen and oxygen atoms in total. The van der Waals surface area contributed by atoms with Crippen molar-refractivity contribution in [2.24, 2.45) is 11.8 Å². The normalized spacial score (nSPS) is 30.8. The third kappa shape index (κ3) is 2.39. The summed E-state index contributed by atoms with van der Waals surface area (Å²) in [6.45, 7) is 0.967. The Morgan fingerprint density at radius 3 is 2.52 bits per heavy atom. The molecule has 0 N–H and O–H groups in total. The summed E-state index contributed by atoms with van der Waals surface area (Å²) in [5.41, 5.74) is 4.84. The lowest BCUT2D eigenvalue weighted by molar-refractivity contribution is -0.385. The first kappa shape index (κ1) is 17.3. The zero-order chi connectivity index (χ0) is 19.7. The second-order valence-electron chi connectivity index (χ2n) is 8.65. The Bertz CT molecular complexity index is 1080. The predicted octanol–water partition coefficient (Wildman–Crippen LogP) is 6.14. The standard InChI is InChI=1S/C24H21ClN2O2/c25-22-10-2-1-6-19(22)23-18-9-4-8-17(18)21-12-15(27(28)29)11-20-16-7-3-5-14(16)13-26(23)24(20)21/h1-4,6-8,10-12,14,16-18,23H,5,9,13H2/t14-,16+,17+,18+,23+/m1/s1. The van der Waals surface area contributed by atoms with Gasteiger partial charge in [0, 0.05) is 41.2 Å². The van der Waals surface area contributed by atoms with Crippen LogP contribution < -0.4 is 4.90 Å². The van der Waals surface area contributed by atoms with Gasteiger partial charge in [0.1, 0.15) is 0 Å². The highest BCUT2D eigenvalue weighted by molar-refractivity contribution is 6.31. The maximum absolute atomic E-state index is 11.7. The average Bonchev–Trinajstić information content (AvgIpc) is 3.38. The van der Waals surface area contributed by atoms with Gasteiger partial charge in [0.2, 0.25) is 0 Å². The van der Waals surface area contributed by atoms with Gasteiger partial charge in [-0.25, -0.2) is 0 Å². The fraction of sp³-hybridized carbons (Fsp3) is 0.333. The number of hydrogen-bond acceptors (Lipinski definition) is 3. The van der Waals surface area contributed by atoms with Crippen molar-refractivity contribution in [2.45, 2.75) is 30.7 Å². The molecule has 0 spiro atoms. The minimum Gasteiger partial charge on any atom is -0.363 e. The molecule has 0 amide bonds. The van der Waals surface area contributed by atoms with Gasteiger partial charge in [0.25, 0.3) is 5.69 Å². The van der Waals surface area contributed by atoms with Gasteiger partial charge in [-0.2, -0.15) is 0 Å². The van der Waals surface area contributed by atoms with Crippen LogP contribution in [0.3, 0.4) is 0 Å². The molecule has 146 valence electrons. The Morgan fingerprint density at radius 2 is 1.72 bits per heavy atom. The van der Waals surface area contributed by atoms with Gasteiger partial charge in [-0.3, -0.25) is 10.1 Å². The number of halogens is 1. The summed E-state index contributed by atoms with van der Waals surface area (Å²) in [5, 5.41) is 12.5. The number of rotatable bonds is 2. The Hall–Kier alpha value is -2.59. The summed E-state index contributed by atoms with van der Waals surface area (Å²) in [4.78, 5) is 14.0. The van der Waals surface area contributed by atoms with E-state index in [-0.39, 0.29) is 28.5 Å². The van der Waals surface area contributed by atoms with E-state index in [1.165, 1.54) is 11.3 Å². The van der Waals surface area contributed by atoms with E-state index < -0.39 is 0 Å². The molecule has 2 heterocycles. The van der Waals surface area contributed by atoms with Crippen LogP contribution in [0.25, 0.3) is 0 Å². The van der Waals surface area contributed by atoms with Crippen LogP contribution in [-0.2, 0) is 0 Å². The van der Waals surface area contributed by atoms with Gasteiger partial charge in [-0.05, 0) is 47.4 Å². The summed E-state index contributed by atoms with van der Waals surface area (Å²) < 4.78 is 0. The van der Waals surface area contributed by atoms with E-state index in [0.29, 0.717) is 11.8 Å². The van der Waals surface area contributed by atoms with Crippen molar-refractivity contribution >= 4 is 23.0 Å². The highest BCUT2D eigenvalue weighted by Crippen LogP contribution is 2.59. The van der Waals surface area contributed by atoms with Crippen LogP contribution in [0.5, 0.6) is 0 Å². The summed E-state index contributed by atoms with van der Waals surface area (Å²) >= 11 is 6.68. The maximum Gasteiger partial charge on any atom is 0.270 e. The van der Waals surface area contributed by atoms with Gasteiger partial charge in [-0.1, -0.05) is 54.1 Å². The molecule has 2 aromatic rings. The molecular formula is C24H21ClN2O2. The second kappa shape index (κ2) is 6.20. The number of nitro benzene ring substituents is 1. The average molecular weight is 405 g/mol. The topological polar surface area (TPSA) is 46.4 Å². The zero-order valence-corrected chi connectivity index (χ0v) is 16.6. The molecule has 0 aromatic heterocycles. The number of allylic oxidation sites excluding steroid dienone is 4. The van der Waals surface area contributed by atoms with Crippen molar-refractivity contribution in [3.05, 3.63) is 92.5 Å². The van der Waals surface area contributed by atoms with Crippen molar-refractivity contribution in [3.63, 3.8) is 0 Å². The van der Waals surface area contributed by atoms with Crippen LogP contribution in [0.2, 0.25) is 5.02 Å². The van der Waals surface area contributed by atoms with Crippen LogP contribution in [0.15, 0.2) is 60.7 Å². The van der Waals surface area contributed by atoms with Gasteiger partial charge in [0.05, 0.1) is 11.0 Å². The number of nitro groups is 1. The first-order chi connectivity index (χ1) is 14.1. The Balaban J connectivity index is 1.62. The summed E-state index contributed by atoms with van der Waals surface area (Å²) in [6, 6.07) is 12.0. The van der Waals surface area contributed by atoms with Crippen molar-refractivity contribution in [3.8, 4) is 0 Å². The van der Waals surface area contributed by atoms with Crippen LogP contribution in [0.4, 0.5) is 11.4 Å². The summed E-state index contributed by atoms with van der Waals surface area (Å²) in [5.74, 6) is 1.29. The second-order valence-corrected chi connectivity index (χ2v) is 9.06. The molecule has 6 rings (SSSR count). The molecule has 5 atom stereocenters. The summed E-state index contributed by atoms with van der Waals surface area (Å²) in [7, 11) is 0.